The van der Waals surface area contributed by atoms with E-state index in [2.05, 4.69) is 10.6 Å². The summed E-state index contributed by atoms with van der Waals surface area (Å²) in [4.78, 5) is 0. The molecule has 0 bridgehead atoms. The van der Waals surface area contributed by atoms with Crippen LogP contribution in [0.2, 0.25) is 0 Å². The molecule has 1 aliphatic rings. The van der Waals surface area contributed by atoms with E-state index in [0.717, 1.165) is 41.9 Å². The van der Waals surface area contributed by atoms with Crippen LogP contribution in [0.3, 0.4) is 0 Å². The quantitative estimate of drug-likeness (QED) is 0.871. The Morgan fingerprint density at radius 2 is 1.95 bits per heavy atom. The molecule has 0 fully saturated rings. The van der Waals surface area contributed by atoms with Crippen molar-refractivity contribution >= 4 is 0 Å². The second-order valence-corrected chi connectivity index (χ2v) is 5.38. The third kappa shape index (κ3) is 2.11. The number of aliphatic hydroxyl groups is 1. The topological polar surface area (TPSA) is 72.7 Å². The lowest BCUT2D eigenvalue weighted by atomic mass is 9.95. The molecule has 0 spiro atoms. The molecule has 104 valence electrons. The second-order valence-electron chi connectivity index (χ2n) is 5.38. The van der Waals surface area contributed by atoms with Gasteiger partial charge in [-0.25, -0.2) is 0 Å². The Kier molecular flexibility index (Phi) is 3.25. The molecule has 1 heterocycles. The van der Waals surface area contributed by atoms with Crippen molar-refractivity contribution in [2.75, 3.05) is 0 Å². The molecule has 21 heavy (non-hydrogen) atoms. The number of aliphatic hydroxyl groups excluding tert-OH is 1. The summed E-state index contributed by atoms with van der Waals surface area (Å²) in [5.74, 6) is 0. The molecule has 0 radical (unpaired) electrons. The van der Waals surface area contributed by atoms with Crippen LogP contribution in [0.15, 0.2) is 24.3 Å². The minimum absolute atomic E-state index is 0.383. The average molecular weight is 277 g/mol. The SMILES string of the molecule is Cc1cc2c(n1-c1ccc(C#N)c(C#N)c1)CCCC2O. The third-order valence-corrected chi connectivity index (χ3v) is 4.07. The highest BCUT2D eigenvalue weighted by atomic mass is 16.3. The van der Waals surface area contributed by atoms with Crippen molar-refractivity contribution in [2.45, 2.75) is 32.3 Å². The lowest BCUT2D eigenvalue weighted by Gasteiger charge is -2.20. The molecular weight excluding hydrogens is 262 g/mol. The molecule has 4 heteroatoms. The van der Waals surface area contributed by atoms with Crippen LogP contribution < -0.4 is 0 Å². The predicted octanol–water partition coefficient (Wildman–Crippen LogP) is 2.90. The molecule has 2 aromatic rings. The van der Waals surface area contributed by atoms with Gasteiger partial charge in [0.15, 0.2) is 0 Å². The van der Waals surface area contributed by atoms with Gasteiger partial charge < -0.3 is 9.67 Å². The lowest BCUT2D eigenvalue weighted by molar-refractivity contribution is 0.156. The Morgan fingerprint density at radius 3 is 2.67 bits per heavy atom. The predicted molar refractivity (Wildman–Crippen MR) is 77.8 cm³/mol. The number of hydrogen-bond donors (Lipinski definition) is 1. The molecule has 1 aromatic heterocycles. The van der Waals surface area contributed by atoms with Crippen molar-refractivity contribution < 1.29 is 5.11 Å². The summed E-state index contributed by atoms with van der Waals surface area (Å²) < 4.78 is 2.08. The van der Waals surface area contributed by atoms with Gasteiger partial charge in [-0.05, 0) is 50.5 Å². The van der Waals surface area contributed by atoms with E-state index in [-0.39, 0.29) is 0 Å². The number of fused-ring (bicyclic) bond motifs is 1. The average Bonchev–Trinajstić information content (AvgIpc) is 2.84. The van der Waals surface area contributed by atoms with E-state index in [4.69, 9.17) is 5.26 Å². The van der Waals surface area contributed by atoms with Crippen molar-refractivity contribution in [3.8, 4) is 17.8 Å². The van der Waals surface area contributed by atoms with Crippen LogP contribution >= 0.6 is 0 Å². The van der Waals surface area contributed by atoms with Crippen LogP contribution in [0.1, 0.15) is 47.0 Å². The smallest absolute Gasteiger partial charge is 0.101 e. The van der Waals surface area contributed by atoms with E-state index in [1.165, 1.54) is 0 Å². The summed E-state index contributed by atoms with van der Waals surface area (Å²) in [5.41, 5.74) is 4.78. The summed E-state index contributed by atoms with van der Waals surface area (Å²) in [5, 5.41) is 28.3. The van der Waals surface area contributed by atoms with Gasteiger partial charge in [0.25, 0.3) is 0 Å². The van der Waals surface area contributed by atoms with Gasteiger partial charge in [0.1, 0.15) is 12.1 Å². The van der Waals surface area contributed by atoms with Crippen LogP contribution in [0.25, 0.3) is 5.69 Å². The lowest BCUT2D eigenvalue weighted by Crippen LogP contribution is -2.11. The number of rotatable bonds is 1. The first-order chi connectivity index (χ1) is 10.2. The number of aryl methyl sites for hydroxylation is 1. The van der Waals surface area contributed by atoms with Crippen molar-refractivity contribution in [1.82, 2.24) is 4.57 Å². The molecule has 0 aliphatic heterocycles. The number of aromatic nitrogens is 1. The summed E-state index contributed by atoms with van der Waals surface area (Å²) in [6.07, 6.45) is 2.27. The van der Waals surface area contributed by atoms with Crippen LogP contribution in [0.5, 0.6) is 0 Å². The van der Waals surface area contributed by atoms with Gasteiger partial charge in [0.05, 0.1) is 17.2 Å². The highest BCUT2D eigenvalue weighted by molar-refractivity contribution is 5.53. The van der Waals surface area contributed by atoms with Crippen LogP contribution in [-0.4, -0.2) is 9.67 Å². The molecular formula is C17H15N3O. The maximum atomic E-state index is 10.1. The molecule has 0 saturated heterocycles. The zero-order valence-corrected chi connectivity index (χ0v) is 11.8. The fourth-order valence-electron chi connectivity index (χ4n) is 3.10. The molecule has 4 nitrogen and oxygen atoms in total. The molecule has 1 aliphatic carbocycles. The van der Waals surface area contributed by atoms with Crippen molar-refractivity contribution in [3.05, 3.63) is 52.3 Å². The van der Waals surface area contributed by atoms with Crippen molar-refractivity contribution in [2.24, 2.45) is 0 Å². The first-order valence-electron chi connectivity index (χ1n) is 6.99. The van der Waals surface area contributed by atoms with Crippen LogP contribution in [-0.2, 0) is 6.42 Å². The van der Waals surface area contributed by atoms with E-state index >= 15 is 0 Å². The Hall–Kier alpha value is -2.56. The summed E-state index contributed by atoms with van der Waals surface area (Å²) in [6.45, 7) is 2.00. The maximum absolute atomic E-state index is 10.1. The minimum Gasteiger partial charge on any atom is -0.388 e. The zero-order valence-electron chi connectivity index (χ0n) is 11.8. The maximum Gasteiger partial charge on any atom is 0.101 e. The largest absolute Gasteiger partial charge is 0.388 e. The fraction of sp³-hybridized carbons (Fsp3) is 0.294. The fourth-order valence-corrected chi connectivity index (χ4v) is 3.10. The van der Waals surface area contributed by atoms with E-state index in [9.17, 15) is 10.4 Å². The van der Waals surface area contributed by atoms with Gasteiger partial charge in [-0.3, -0.25) is 0 Å². The molecule has 1 unspecified atom stereocenters. The second kappa shape index (κ2) is 5.09. The number of nitrogens with zero attached hydrogens (tertiary/aromatic N) is 3. The Labute approximate surface area is 123 Å². The Morgan fingerprint density at radius 1 is 1.19 bits per heavy atom. The molecule has 1 aromatic carbocycles. The Bertz CT molecular complexity index is 790. The van der Waals surface area contributed by atoms with Crippen molar-refractivity contribution in [1.29, 1.82) is 10.5 Å². The summed E-state index contributed by atoms with van der Waals surface area (Å²) in [6, 6.07) is 11.4. The highest BCUT2D eigenvalue weighted by Crippen LogP contribution is 2.34. The molecule has 1 atom stereocenters. The van der Waals surface area contributed by atoms with Gasteiger partial charge in [0.2, 0.25) is 0 Å². The number of nitriles is 2. The van der Waals surface area contributed by atoms with Gasteiger partial charge in [-0.1, -0.05) is 0 Å². The minimum atomic E-state index is -0.400. The first kappa shape index (κ1) is 13.4. The van der Waals surface area contributed by atoms with E-state index < -0.39 is 6.10 Å². The van der Waals surface area contributed by atoms with Gasteiger partial charge in [0, 0.05) is 22.6 Å². The van der Waals surface area contributed by atoms with E-state index in [1.54, 1.807) is 12.1 Å². The van der Waals surface area contributed by atoms with E-state index in [1.807, 2.05) is 25.1 Å². The normalized spacial score (nSPS) is 16.9. The van der Waals surface area contributed by atoms with Gasteiger partial charge >= 0.3 is 0 Å². The summed E-state index contributed by atoms with van der Waals surface area (Å²) >= 11 is 0. The summed E-state index contributed by atoms with van der Waals surface area (Å²) in [7, 11) is 0. The standard InChI is InChI=1S/C17H15N3O/c1-11-7-15-16(3-2-4-17(15)21)20(11)14-6-5-12(9-18)13(8-14)10-19/h5-8,17,21H,2-4H2,1H3. The monoisotopic (exact) mass is 277 g/mol. The molecule has 0 amide bonds. The molecule has 1 N–H and O–H groups in total. The first-order valence-corrected chi connectivity index (χ1v) is 6.99. The Balaban J connectivity index is 2.19. The number of hydrogen-bond acceptors (Lipinski definition) is 3. The highest BCUT2D eigenvalue weighted by Gasteiger charge is 2.23. The van der Waals surface area contributed by atoms with Crippen molar-refractivity contribution in [3.63, 3.8) is 0 Å². The van der Waals surface area contributed by atoms with Gasteiger partial charge in [-0.2, -0.15) is 10.5 Å². The number of benzene rings is 1. The van der Waals surface area contributed by atoms with Gasteiger partial charge in [-0.15, -0.1) is 0 Å². The molecule has 3 rings (SSSR count). The van der Waals surface area contributed by atoms with Crippen LogP contribution in [0, 0.1) is 29.6 Å². The molecule has 0 saturated carbocycles. The van der Waals surface area contributed by atoms with Crippen LogP contribution in [0.4, 0.5) is 0 Å². The zero-order chi connectivity index (χ0) is 15.0. The third-order valence-electron chi connectivity index (χ3n) is 4.07. The van der Waals surface area contributed by atoms with E-state index in [0.29, 0.717) is 11.1 Å².